The number of aryl methyl sites for hydroxylation is 1. The van der Waals surface area contributed by atoms with Crippen LogP contribution in [0.25, 0.3) is 10.1 Å². The molecule has 14 heavy (non-hydrogen) atoms. The number of hydrogen-bond acceptors (Lipinski definition) is 1. The van der Waals surface area contributed by atoms with Gasteiger partial charge in [0.05, 0.1) is 4.34 Å². The summed E-state index contributed by atoms with van der Waals surface area (Å²) in [5.74, 6) is 0. The first-order valence-corrected chi connectivity index (χ1v) is 5.25. The van der Waals surface area contributed by atoms with Crippen molar-refractivity contribution in [3.05, 3.63) is 33.7 Å². The van der Waals surface area contributed by atoms with E-state index in [1.807, 2.05) is 0 Å². The van der Waals surface area contributed by atoms with E-state index in [4.69, 9.17) is 11.6 Å². The van der Waals surface area contributed by atoms with E-state index in [9.17, 15) is 8.78 Å². The molecule has 0 spiro atoms. The summed E-state index contributed by atoms with van der Waals surface area (Å²) < 4.78 is 26.7. The molecule has 0 aliphatic heterocycles. The Hall–Kier alpha value is -0.670. The third-order valence-electron chi connectivity index (χ3n) is 2.11. The molecule has 4 heteroatoms. The molecule has 0 nitrogen and oxygen atoms in total. The highest BCUT2D eigenvalue weighted by Crippen LogP contribution is 2.34. The predicted molar refractivity (Wildman–Crippen MR) is 56.5 cm³/mol. The molecule has 0 fully saturated rings. The highest BCUT2D eigenvalue weighted by molar-refractivity contribution is 7.22. The van der Waals surface area contributed by atoms with Gasteiger partial charge in [-0.2, -0.15) is 0 Å². The first-order chi connectivity index (χ1) is 6.58. The smallest absolute Gasteiger partial charge is 0.205 e. The normalized spacial score (nSPS) is 11.5. The summed E-state index contributed by atoms with van der Waals surface area (Å²) >= 11 is 7.21. The first-order valence-electron chi connectivity index (χ1n) is 4.05. The molecule has 1 aromatic carbocycles. The Morgan fingerprint density at radius 2 is 2.00 bits per heavy atom. The molecule has 0 unspecified atom stereocenters. The van der Waals surface area contributed by atoms with Gasteiger partial charge in [0.2, 0.25) is 0 Å². The van der Waals surface area contributed by atoms with Gasteiger partial charge in [-0.1, -0.05) is 11.6 Å². The van der Waals surface area contributed by atoms with E-state index >= 15 is 0 Å². The van der Waals surface area contributed by atoms with Crippen LogP contribution in [0.5, 0.6) is 0 Å². The van der Waals surface area contributed by atoms with Gasteiger partial charge in [0.25, 0.3) is 6.43 Å². The molecule has 0 aliphatic carbocycles. The highest BCUT2D eigenvalue weighted by Gasteiger charge is 2.12. The number of benzene rings is 1. The zero-order chi connectivity index (χ0) is 10.3. The van der Waals surface area contributed by atoms with Crippen molar-refractivity contribution in [3.63, 3.8) is 0 Å². The molecule has 0 N–H and O–H groups in total. The first kappa shape index (κ1) is 9.87. The van der Waals surface area contributed by atoms with E-state index in [0.717, 1.165) is 10.1 Å². The number of hydrogen-bond donors (Lipinski definition) is 0. The molecule has 1 heterocycles. The lowest BCUT2D eigenvalue weighted by atomic mass is 10.1. The van der Waals surface area contributed by atoms with E-state index in [2.05, 4.69) is 0 Å². The third kappa shape index (κ3) is 1.62. The lowest BCUT2D eigenvalue weighted by molar-refractivity contribution is 0.151. The maximum atomic E-state index is 12.5. The van der Waals surface area contributed by atoms with E-state index in [-0.39, 0.29) is 5.56 Å². The molecule has 0 atom stereocenters. The minimum atomic E-state index is -2.42. The maximum Gasteiger partial charge on any atom is 0.264 e. The van der Waals surface area contributed by atoms with Crippen molar-refractivity contribution in [1.29, 1.82) is 0 Å². The zero-order valence-corrected chi connectivity index (χ0v) is 8.92. The minimum Gasteiger partial charge on any atom is -0.205 e. The van der Waals surface area contributed by atoms with Crippen LogP contribution >= 0.6 is 22.9 Å². The molecule has 0 radical (unpaired) electrons. The van der Waals surface area contributed by atoms with Gasteiger partial charge in [-0.3, -0.25) is 0 Å². The van der Waals surface area contributed by atoms with Crippen molar-refractivity contribution in [1.82, 2.24) is 0 Å². The van der Waals surface area contributed by atoms with Crippen molar-refractivity contribution in [2.24, 2.45) is 0 Å². The number of thiophene rings is 1. The summed E-state index contributed by atoms with van der Waals surface area (Å²) in [6.45, 7) is 1.69. The van der Waals surface area contributed by atoms with Crippen LogP contribution in [0.2, 0.25) is 4.34 Å². The van der Waals surface area contributed by atoms with Crippen LogP contribution in [0.4, 0.5) is 8.78 Å². The van der Waals surface area contributed by atoms with Crippen LogP contribution in [-0.4, -0.2) is 0 Å². The second-order valence-corrected chi connectivity index (χ2v) is 4.81. The number of alkyl halides is 2. The van der Waals surface area contributed by atoms with Crippen LogP contribution < -0.4 is 0 Å². The van der Waals surface area contributed by atoms with Crippen molar-refractivity contribution in [3.8, 4) is 0 Å². The Morgan fingerprint density at radius 1 is 1.29 bits per heavy atom. The summed E-state index contributed by atoms with van der Waals surface area (Å²) in [7, 11) is 0. The highest BCUT2D eigenvalue weighted by atomic mass is 35.5. The largest absolute Gasteiger partial charge is 0.264 e. The van der Waals surface area contributed by atoms with Gasteiger partial charge in [0.1, 0.15) is 0 Å². The molecule has 2 aromatic rings. The zero-order valence-electron chi connectivity index (χ0n) is 7.35. The fourth-order valence-corrected chi connectivity index (χ4v) is 2.64. The van der Waals surface area contributed by atoms with E-state index in [1.165, 1.54) is 17.4 Å². The van der Waals surface area contributed by atoms with Crippen molar-refractivity contribution >= 4 is 33.0 Å². The second-order valence-electron chi connectivity index (χ2n) is 3.10. The van der Waals surface area contributed by atoms with Gasteiger partial charge in [0.15, 0.2) is 0 Å². The summed E-state index contributed by atoms with van der Waals surface area (Å²) in [5, 5.41) is 0.793. The van der Waals surface area contributed by atoms with Crippen LogP contribution in [0.3, 0.4) is 0 Å². The van der Waals surface area contributed by atoms with Crippen molar-refractivity contribution in [2.45, 2.75) is 13.3 Å². The Bertz CT molecular complexity index is 476. The Kier molecular flexibility index (Phi) is 2.45. The monoisotopic (exact) mass is 232 g/mol. The fourth-order valence-electron chi connectivity index (χ4n) is 1.41. The van der Waals surface area contributed by atoms with Gasteiger partial charge in [-0.25, -0.2) is 8.78 Å². The molecule has 0 bridgehead atoms. The van der Waals surface area contributed by atoms with Gasteiger partial charge in [0, 0.05) is 10.3 Å². The minimum absolute atomic E-state index is 0.0898. The van der Waals surface area contributed by atoms with Gasteiger partial charge in [-0.05, 0) is 36.1 Å². The maximum absolute atomic E-state index is 12.5. The molecular weight excluding hydrogens is 226 g/mol. The summed E-state index contributed by atoms with van der Waals surface area (Å²) in [5.41, 5.74) is 0.706. The molecule has 0 amide bonds. The molecule has 0 saturated carbocycles. The molecule has 2 rings (SSSR count). The summed E-state index contributed by atoms with van der Waals surface area (Å²) in [6.07, 6.45) is -2.42. The average molecular weight is 233 g/mol. The van der Waals surface area contributed by atoms with E-state index in [0.29, 0.717) is 9.90 Å². The number of fused-ring (bicyclic) bond motifs is 1. The Labute approximate surface area is 89.1 Å². The molecule has 0 aliphatic rings. The molecule has 0 saturated heterocycles. The average Bonchev–Trinajstić information content (AvgIpc) is 2.42. The quantitative estimate of drug-likeness (QED) is 0.663. The third-order valence-corrected chi connectivity index (χ3v) is 3.34. The van der Waals surface area contributed by atoms with Gasteiger partial charge in [-0.15, -0.1) is 11.3 Å². The fraction of sp³-hybridized carbons (Fsp3) is 0.200. The van der Waals surface area contributed by atoms with Crippen LogP contribution in [0.1, 0.15) is 17.6 Å². The lowest BCUT2D eigenvalue weighted by Crippen LogP contribution is -1.88. The van der Waals surface area contributed by atoms with Crippen LogP contribution in [-0.2, 0) is 0 Å². The molecule has 74 valence electrons. The standard InChI is InChI=1S/C10H7ClF2S/c1-5-2-8-6(4-9(11)14-8)3-7(5)10(12)13/h2-4,10H,1H3. The van der Waals surface area contributed by atoms with Crippen LogP contribution in [0.15, 0.2) is 18.2 Å². The van der Waals surface area contributed by atoms with Crippen molar-refractivity contribution in [2.75, 3.05) is 0 Å². The van der Waals surface area contributed by atoms with E-state index in [1.54, 1.807) is 19.1 Å². The Morgan fingerprint density at radius 3 is 2.64 bits per heavy atom. The summed E-state index contributed by atoms with van der Waals surface area (Å²) in [6, 6.07) is 4.98. The second kappa shape index (κ2) is 3.48. The van der Waals surface area contributed by atoms with E-state index < -0.39 is 6.43 Å². The molecule has 1 aromatic heterocycles. The van der Waals surface area contributed by atoms with Crippen LogP contribution in [0, 0.1) is 6.92 Å². The summed E-state index contributed by atoms with van der Waals surface area (Å²) in [4.78, 5) is 0. The number of halogens is 3. The SMILES string of the molecule is Cc1cc2sc(Cl)cc2cc1C(F)F. The predicted octanol–water partition coefficient (Wildman–Crippen LogP) is 4.80. The van der Waals surface area contributed by atoms with Gasteiger partial charge < -0.3 is 0 Å². The Balaban J connectivity index is 2.70. The topological polar surface area (TPSA) is 0 Å². The number of rotatable bonds is 1. The van der Waals surface area contributed by atoms with Gasteiger partial charge >= 0.3 is 0 Å². The van der Waals surface area contributed by atoms with Crippen molar-refractivity contribution < 1.29 is 8.78 Å². The molecular formula is C10H7ClF2S. The lowest BCUT2D eigenvalue weighted by Gasteiger charge is -2.03.